The van der Waals surface area contributed by atoms with Gasteiger partial charge in [0.1, 0.15) is 0 Å². The SMILES string of the molecule is CC(C)c1cc(C(C)C)cc(-n2c(-c3[c-]cccc3)nc3c(-c4nc(-c5[c-]cccc5)cc5ccccc45)cccc32)c1.[Pt+2]. The molecule has 5 aromatic carbocycles. The third-order valence-corrected chi connectivity index (χ3v) is 8.17. The molecule has 0 atom stereocenters. The summed E-state index contributed by atoms with van der Waals surface area (Å²) in [6, 6.07) is 47.0. The number of pyridine rings is 1. The molecule has 0 radical (unpaired) electrons. The van der Waals surface area contributed by atoms with Gasteiger partial charge in [0.15, 0.2) is 0 Å². The van der Waals surface area contributed by atoms with Gasteiger partial charge in [-0.05, 0) is 52.2 Å². The predicted molar refractivity (Wildman–Crippen MR) is 179 cm³/mol. The maximum absolute atomic E-state index is 5.38. The topological polar surface area (TPSA) is 30.7 Å². The Labute approximate surface area is 273 Å². The minimum atomic E-state index is 0. The van der Waals surface area contributed by atoms with Crippen LogP contribution in [0.1, 0.15) is 50.7 Å². The summed E-state index contributed by atoms with van der Waals surface area (Å²) in [6.07, 6.45) is 0. The normalized spacial score (nSPS) is 11.4. The molecule has 0 N–H and O–H groups in total. The number of imidazole rings is 1. The first-order chi connectivity index (χ1) is 21.0. The molecule has 0 fully saturated rings. The van der Waals surface area contributed by atoms with E-state index >= 15 is 0 Å². The van der Waals surface area contributed by atoms with Gasteiger partial charge in [0, 0.05) is 16.6 Å². The van der Waals surface area contributed by atoms with Crippen LogP contribution in [0.25, 0.3) is 61.4 Å². The number of nitrogens with zero attached hydrogens (tertiary/aromatic N) is 3. The van der Waals surface area contributed by atoms with Crippen molar-refractivity contribution in [2.75, 3.05) is 0 Å². The summed E-state index contributed by atoms with van der Waals surface area (Å²) in [4.78, 5) is 10.6. The molecule has 218 valence electrons. The first-order valence-corrected chi connectivity index (χ1v) is 15.0. The Morgan fingerprint density at radius 1 is 0.636 bits per heavy atom. The van der Waals surface area contributed by atoms with Gasteiger partial charge in [0.2, 0.25) is 0 Å². The molecule has 7 rings (SSSR count). The van der Waals surface area contributed by atoms with Crippen molar-refractivity contribution in [3.63, 3.8) is 0 Å². The number of rotatable bonds is 6. The Hall–Kier alpha value is -4.33. The molecule has 0 aliphatic heterocycles. The van der Waals surface area contributed by atoms with Gasteiger partial charge >= 0.3 is 21.1 Å². The van der Waals surface area contributed by atoms with Crippen molar-refractivity contribution in [3.05, 3.63) is 139 Å². The summed E-state index contributed by atoms with van der Waals surface area (Å²) in [5.41, 5.74) is 10.5. The summed E-state index contributed by atoms with van der Waals surface area (Å²) in [6.45, 7) is 9.03. The van der Waals surface area contributed by atoms with Crippen molar-refractivity contribution in [3.8, 4) is 39.6 Å². The van der Waals surface area contributed by atoms with Crippen LogP contribution in [0.2, 0.25) is 0 Å². The first-order valence-electron chi connectivity index (χ1n) is 15.0. The molecule has 0 spiro atoms. The second kappa shape index (κ2) is 12.3. The maximum Gasteiger partial charge on any atom is 2.00 e. The van der Waals surface area contributed by atoms with E-state index in [-0.39, 0.29) is 21.1 Å². The molecule has 44 heavy (non-hydrogen) atoms. The molecule has 0 amide bonds. The third kappa shape index (κ3) is 5.42. The van der Waals surface area contributed by atoms with E-state index in [4.69, 9.17) is 9.97 Å². The van der Waals surface area contributed by atoms with E-state index in [1.54, 1.807) is 0 Å². The Morgan fingerprint density at radius 2 is 1.30 bits per heavy atom. The average Bonchev–Trinajstić information content (AvgIpc) is 3.45. The molecule has 0 saturated carbocycles. The molecular weight excluding hydrogens is 718 g/mol. The molecule has 0 unspecified atom stereocenters. The zero-order valence-electron chi connectivity index (χ0n) is 25.3. The number of para-hydroxylation sites is 1. The third-order valence-electron chi connectivity index (χ3n) is 8.17. The fourth-order valence-corrected chi connectivity index (χ4v) is 5.81. The van der Waals surface area contributed by atoms with Crippen molar-refractivity contribution < 1.29 is 21.1 Å². The summed E-state index contributed by atoms with van der Waals surface area (Å²) < 4.78 is 2.31. The number of fused-ring (bicyclic) bond motifs is 2. The smallest absolute Gasteiger partial charge is 0.333 e. The molecule has 2 heterocycles. The molecule has 0 aliphatic carbocycles. The Balaban J connectivity index is 0.00000343. The van der Waals surface area contributed by atoms with Crippen molar-refractivity contribution in [1.29, 1.82) is 0 Å². The first kappa shape index (κ1) is 29.7. The predicted octanol–water partition coefficient (Wildman–Crippen LogP) is 10.4. The molecule has 0 aliphatic rings. The Kier molecular flexibility index (Phi) is 8.34. The van der Waals surface area contributed by atoms with E-state index in [1.165, 1.54) is 11.1 Å². The van der Waals surface area contributed by atoms with E-state index in [2.05, 4.69) is 129 Å². The molecule has 3 nitrogen and oxygen atoms in total. The van der Waals surface area contributed by atoms with E-state index in [9.17, 15) is 0 Å². The van der Waals surface area contributed by atoms with Crippen molar-refractivity contribution in [2.45, 2.75) is 39.5 Å². The van der Waals surface area contributed by atoms with Gasteiger partial charge in [0.05, 0.1) is 22.6 Å². The quantitative estimate of drug-likeness (QED) is 0.159. The maximum atomic E-state index is 5.38. The zero-order valence-corrected chi connectivity index (χ0v) is 27.6. The molecule has 2 aromatic heterocycles. The zero-order chi connectivity index (χ0) is 29.5. The van der Waals surface area contributed by atoms with E-state index < -0.39 is 0 Å². The Morgan fingerprint density at radius 3 is 1.95 bits per heavy atom. The van der Waals surface area contributed by atoms with Crippen LogP contribution in [0.15, 0.2) is 115 Å². The fraction of sp³-hybridized carbons (Fsp3) is 0.150. The Bertz CT molecular complexity index is 2050. The molecule has 0 saturated heterocycles. The van der Waals surface area contributed by atoms with Crippen LogP contribution in [0.5, 0.6) is 0 Å². The van der Waals surface area contributed by atoms with E-state index in [0.29, 0.717) is 11.8 Å². The molecule has 4 heteroatoms. The second-order valence-corrected chi connectivity index (χ2v) is 11.7. The average molecular weight is 751 g/mol. The van der Waals surface area contributed by atoms with Gasteiger partial charge in [-0.1, -0.05) is 76.2 Å². The number of hydrogen-bond donors (Lipinski definition) is 0. The second-order valence-electron chi connectivity index (χ2n) is 11.7. The van der Waals surface area contributed by atoms with E-state index in [0.717, 1.165) is 61.4 Å². The van der Waals surface area contributed by atoms with Gasteiger partial charge < -0.3 is 4.57 Å². The van der Waals surface area contributed by atoms with Crippen LogP contribution in [-0.2, 0) is 21.1 Å². The van der Waals surface area contributed by atoms with Crippen LogP contribution in [-0.4, -0.2) is 14.5 Å². The van der Waals surface area contributed by atoms with Crippen LogP contribution >= 0.6 is 0 Å². The number of aromatic nitrogens is 3. The monoisotopic (exact) mass is 750 g/mol. The van der Waals surface area contributed by atoms with Gasteiger partial charge in [0.25, 0.3) is 0 Å². The molecular formula is C40H33N3Pt. The molecule has 7 aromatic rings. The van der Waals surface area contributed by atoms with Crippen LogP contribution in [0, 0.1) is 12.1 Å². The van der Waals surface area contributed by atoms with Gasteiger partial charge in [-0.3, -0.25) is 9.97 Å². The largest absolute Gasteiger partial charge is 2.00 e. The van der Waals surface area contributed by atoms with E-state index in [1.807, 2.05) is 30.3 Å². The summed E-state index contributed by atoms with van der Waals surface area (Å²) in [5.74, 6) is 1.68. The van der Waals surface area contributed by atoms with Crippen LogP contribution < -0.4 is 0 Å². The van der Waals surface area contributed by atoms with Crippen LogP contribution in [0.4, 0.5) is 0 Å². The summed E-state index contributed by atoms with van der Waals surface area (Å²) >= 11 is 0. The van der Waals surface area contributed by atoms with Crippen LogP contribution in [0.3, 0.4) is 0 Å². The molecule has 0 bridgehead atoms. The fourth-order valence-electron chi connectivity index (χ4n) is 5.81. The van der Waals surface area contributed by atoms with Crippen molar-refractivity contribution in [1.82, 2.24) is 14.5 Å². The summed E-state index contributed by atoms with van der Waals surface area (Å²) in [7, 11) is 0. The minimum Gasteiger partial charge on any atom is -0.333 e. The van der Waals surface area contributed by atoms with Gasteiger partial charge in [-0.15, -0.1) is 71.8 Å². The standard InChI is InChI=1S/C40H33N3.Pt/c1-26(2)31-22-32(27(3)4)24-33(23-31)43-37-21-13-20-35(39(37)42-40(43)29-16-9-6-10-17-29)38-34-19-12-11-18-30(34)25-36(41-38)28-14-7-5-8-15-28;/h5-14,16,18-27H,1-4H3;/q-2;+2. The minimum absolute atomic E-state index is 0. The van der Waals surface area contributed by atoms with Crippen molar-refractivity contribution in [2.24, 2.45) is 0 Å². The van der Waals surface area contributed by atoms with Crippen molar-refractivity contribution >= 4 is 21.8 Å². The number of benzene rings is 5. The van der Waals surface area contributed by atoms with Gasteiger partial charge in [-0.25, -0.2) is 0 Å². The number of hydrogen-bond acceptors (Lipinski definition) is 2. The summed E-state index contributed by atoms with van der Waals surface area (Å²) in [5, 5.41) is 2.24. The van der Waals surface area contributed by atoms with Gasteiger partial charge in [-0.2, -0.15) is 0 Å².